The van der Waals surface area contributed by atoms with Gasteiger partial charge in [0.25, 0.3) is 11.2 Å². The van der Waals surface area contributed by atoms with Gasteiger partial charge < -0.3 is 0 Å². The highest BCUT2D eigenvalue weighted by Gasteiger charge is 2.73. The summed E-state index contributed by atoms with van der Waals surface area (Å²) >= 11 is 6.04. The van der Waals surface area contributed by atoms with E-state index in [-0.39, 0.29) is 28.0 Å². The highest BCUT2D eigenvalue weighted by Crippen LogP contribution is 2.62. The third kappa shape index (κ3) is 2.62. The SMILES string of the molecule is O=C1[C@@H]2[C@@H]3CCCN3[C@]3(c4ccccc4-n4c3nc3ccccc3c4=O)[C@H]2C(=O)N1c1ccc(Cl)c([N+](=O)[O-])c1. The van der Waals surface area contributed by atoms with Gasteiger partial charge in [0.05, 0.1) is 39.0 Å². The molecule has 3 aromatic carbocycles. The maximum atomic E-state index is 14.5. The smallest absolute Gasteiger partial charge is 0.283 e. The van der Waals surface area contributed by atoms with Crippen LogP contribution in [0.4, 0.5) is 11.4 Å². The number of carbonyl (C=O) groups is 2. The fourth-order valence-corrected chi connectivity index (χ4v) is 7.83. The third-order valence-electron chi connectivity index (χ3n) is 9.02. The average molecular weight is 554 g/mol. The predicted octanol–water partition coefficient (Wildman–Crippen LogP) is 3.79. The third-order valence-corrected chi connectivity index (χ3v) is 9.34. The van der Waals surface area contributed by atoms with E-state index < -0.39 is 34.1 Å². The minimum Gasteiger partial charge on any atom is -0.283 e. The highest BCUT2D eigenvalue weighted by molar-refractivity contribution is 6.33. The first-order valence-electron chi connectivity index (χ1n) is 13.1. The van der Waals surface area contributed by atoms with Gasteiger partial charge in [-0.05, 0) is 49.7 Å². The summed E-state index contributed by atoms with van der Waals surface area (Å²) in [6, 6.07) is 18.3. The molecule has 40 heavy (non-hydrogen) atoms. The van der Waals surface area contributed by atoms with Crippen molar-refractivity contribution in [1.29, 1.82) is 0 Å². The summed E-state index contributed by atoms with van der Waals surface area (Å²) in [7, 11) is 0. The Morgan fingerprint density at radius 3 is 2.60 bits per heavy atom. The number of imide groups is 1. The first kappa shape index (κ1) is 23.5. The fraction of sp³-hybridized carbons (Fsp3) is 0.241. The van der Waals surface area contributed by atoms with Crippen LogP contribution in [0.25, 0.3) is 16.6 Å². The van der Waals surface area contributed by atoms with Gasteiger partial charge in [0.1, 0.15) is 16.4 Å². The fourth-order valence-electron chi connectivity index (χ4n) is 7.65. The second-order valence-electron chi connectivity index (χ2n) is 10.7. The number of carbonyl (C=O) groups excluding carboxylic acids is 2. The molecule has 0 radical (unpaired) electrons. The minimum atomic E-state index is -1.15. The predicted molar refractivity (Wildman–Crippen MR) is 145 cm³/mol. The largest absolute Gasteiger partial charge is 0.289 e. The van der Waals surface area contributed by atoms with Crippen molar-refractivity contribution in [1.82, 2.24) is 14.5 Å². The molecule has 0 bridgehead atoms. The highest BCUT2D eigenvalue weighted by atomic mass is 35.5. The van der Waals surface area contributed by atoms with Crippen LogP contribution in [0.3, 0.4) is 0 Å². The topological polar surface area (TPSA) is 119 Å². The molecule has 198 valence electrons. The second kappa shape index (κ2) is 7.83. The summed E-state index contributed by atoms with van der Waals surface area (Å²) in [4.78, 5) is 61.8. The number of aromatic nitrogens is 2. The Hall–Kier alpha value is -4.41. The average Bonchev–Trinajstić information content (AvgIpc) is 3.66. The van der Waals surface area contributed by atoms with Crippen LogP contribution in [0.1, 0.15) is 24.2 Å². The van der Waals surface area contributed by atoms with Crippen LogP contribution < -0.4 is 10.5 Å². The molecule has 8 rings (SSSR count). The van der Waals surface area contributed by atoms with Gasteiger partial charge in [0, 0.05) is 17.7 Å². The molecule has 1 spiro atoms. The molecule has 3 fully saturated rings. The second-order valence-corrected chi connectivity index (χ2v) is 11.1. The zero-order valence-electron chi connectivity index (χ0n) is 20.9. The van der Waals surface area contributed by atoms with E-state index in [0.717, 1.165) is 16.9 Å². The number of anilines is 1. The Balaban J connectivity index is 1.41. The van der Waals surface area contributed by atoms with E-state index in [1.807, 2.05) is 30.3 Å². The molecule has 0 unspecified atom stereocenters. The summed E-state index contributed by atoms with van der Waals surface area (Å²) < 4.78 is 1.60. The van der Waals surface area contributed by atoms with Gasteiger partial charge >= 0.3 is 0 Å². The van der Waals surface area contributed by atoms with Crippen molar-refractivity contribution in [3.8, 4) is 5.69 Å². The standard InChI is InChI=1S/C29H20ClN5O5/c30-18-12-11-15(14-22(18)35(39)40)33-26(37)23-21-10-5-13-32(21)29(24(23)27(33)38)17-7-2-4-9-20(17)34-25(36)16-6-1-3-8-19(16)31-28(29)34/h1-4,6-9,11-12,14,21,23-24H,5,10,13H2/t21-,23+,24+,29+/m0/s1. The van der Waals surface area contributed by atoms with Crippen LogP contribution in [0, 0.1) is 22.0 Å². The van der Waals surface area contributed by atoms with Crippen molar-refractivity contribution >= 4 is 45.7 Å². The summed E-state index contributed by atoms with van der Waals surface area (Å²) in [5.74, 6) is -2.01. The lowest BCUT2D eigenvalue weighted by Crippen LogP contribution is -2.51. The summed E-state index contributed by atoms with van der Waals surface area (Å²) in [5.41, 5.74) is 0.275. The van der Waals surface area contributed by atoms with E-state index in [0.29, 0.717) is 35.4 Å². The number of fused-ring (bicyclic) bond motifs is 11. The molecule has 4 atom stereocenters. The van der Waals surface area contributed by atoms with Gasteiger partial charge in [-0.2, -0.15) is 0 Å². The van der Waals surface area contributed by atoms with Crippen LogP contribution in [-0.2, 0) is 15.1 Å². The molecule has 10 nitrogen and oxygen atoms in total. The molecule has 0 N–H and O–H groups in total. The Bertz CT molecular complexity index is 1910. The number of para-hydroxylation sites is 2. The van der Waals surface area contributed by atoms with Crippen LogP contribution >= 0.6 is 11.6 Å². The molecule has 2 amide bonds. The molecule has 0 aliphatic carbocycles. The Labute approximate surface area is 231 Å². The van der Waals surface area contributed by atoms with E-state index in [9.17, 15) is 24.5 Å². The quantitative estimate of drug-likeness (QED) is 0.210. The van der Waals surface area contributed by atoms with Gasteiger partial charge in [-0.25, -0.2) is 9.88 Å². The zero-order valence-corrected chi connectivity index (χ0v) is 21.6. The lowest BCUT2D eigenvalue weighted by atomic mass is 9.75. The van der Waals surface area contributed by atoms with Crippen LogP contribution in [0.2, 0.25) is 5.02 Å². The number of hydrogen-bond acceptors (Lipinski definition) is 7. The van der Waals surface area contributed by atoms with E-state index in [4.69, 9.17) is 16.6 Å². The molecule has 4 aliphatic rings. The molecule has 11 heteroatoms. The number of benzene rings is 3. The Morgan fingerprint density at radius 2 is 1.77 bits per heavy atom. The zero-order chi connectivity index (χ0) is 27.5. The van der Waals surface area contributed by atoms with Crippen molar-refractivity contribution in [2.75, 3.05) is 11.4 Å². The summed E-state index contributed by atoms with van der Waals surface area (Å²) in [5, 5.41) is 12.0. The van der Waals surface area contributed by atoms with Crippen molar-refractivity contribution in [2.45, 2.75) is 24.4 Å². The Kier molecular flexibility index (Phi) is 4.60. The number of halogens is 1. The number of nitro groups is 1. The minimum absolute atomic E-state index is 0.0828. The molecule has 5 heterocycles. The van der Waals surface area contributed by atoms with Gasteiger partial charge in [-0.3, -0.25) is 34.0 Å². The molecule has 3 saturated heterocycles. The maximum Gasteiger partial charge on any atom is 0.289 e. The van der Waals surface area contributed by atoms with Crippen molar-refractivity contribution in [2.24, 2.45) is 11.8 Å². The van der Waals surface area contributed by atoms with Gasteiger partial charge in [-0.1, -0.05) is 41.9 Å². The Morgan fingerprint density at radius 1 is 1.00 bits per heavy atom. The van der Waals surface area contributed by atoms with E-state index in [1.165, 1.54) is 18.2 Å². The molecule has 1 aromatic heterocycles. The number of rotatable bonds is 2. The van der Waals surface area contributed by atoms with Crippen molar-refractivity contribution in [3.05, 3.63) is 104 Å². The molecular formula is C29H20ClN5O5. The molecule has 4 aliphatic heterocycles. The molecule has 0 saturated carbocycles. The van der Waals surface area contributed by atoms with E-state index in [1.54, 1.807) is 22.8 Å². The van der Waals surface area contributed by atoms with Crippen LogP contribution in [0.15, 0.2) is 71.5 Å². The monoisotopic (exact) mass is 553 g/mol. The van der Waals surface area contributed by atoms with E-state index >= 15 is 0 Å². The number of hydrogen-bond donors (Lipinski definition) is 0. The summed E-state index contributed by atoms with van der Waals surface area (Å²) in [6.45, 7) is 0.641. The molecule has 4 aromatic rings. The number of amides is 2. The number of nitro benzene ring substituents is 1. The van der Waals surface area contributed by atoms with Gasteiger partial charge in [-0.15, -0.1) is 0 Å². The first-order valence-corrected chi connectivity index (χ1v) is 13.4. The summed E-state index contributed by atoms with van der Waals surface area (Å²) in [6.07, 6.45) is 1.53. The van der Waals surface area contributed by atoms with Gasteiger partial charge in [0.15, 0.2) is 0 Å². The van der Waals surface area contributed by atoms with Crippen molar-refractivity contribution in [3.63, 3.8) is 0 Å². The van der Waals surface area contributed by atoms with Gasteiger partial charge in [0.2, 0.25) is 11.8 Å². The maximum absolute atomic E-state index is 14.5. The number of nitrogens with zero attached hydrogens (tertiary/aromatic N) is 5. The lowest BCUT2D eigenvalue weighted by Gasteiger charge is -2.38. The normalized spacial score (nSPS) is 26.4. The molecular weight excluding hydrogens is 534 g/mol. The van der Waals surface area contributed by atoms with Crippen molar-refractivity contribution < 1.29 is 14.5 Å². The first-order chi connectivity index (χ1) is 19.4. The lowest BCUT2D eigenvalue weighted by molar-refractivity contribution is -0.384. The van der Waals surface area contributed by atoms with Crippen LogP contribution in [-0.4, -0.2) is 43.8 Å². The van der Waals surface area contributed by atoms with Crippen LogP contribution in [0.5, 0.6) is 0 Å². The van der Waals surface area contributed by atoms with E-state index in [2.05, 4.69) is 4.90 Å².